The van der Waals surface area contributed by atoms with Gasteiger partial charge < -0.3 is 24.2 Å². The molecule has 0 radical (unpaired) electrons. The molecule has 1 aliphatic carbocycles. The standard InChI is InChI=1S/C30H37NO6/c1-7-37-22-14-13-19(16-21(22)30(2,3)4)27(32)25-26(18-12-15-23(35-5)24(17-18)36-6)31(29(34)28(25)33)20-10-8-9-11-20/h12-17,20,26,32H,7-11H2,1-6H3/b27-25+. The van der Waals surface area contributed by atoms with E-state index in [0.29, 0.717) is 29.2 Å². The van der Waals surface area contributed by atoms with E-state index in [9.17, 15) is 14.7 Å². The molecule has 1 saturated heterocycles. The van der Waals surface area contributed by atoms with Crippen LogP contribution in [0.4, 0.5) is 0 Å². The summed E-state index contributed by atoms with van der Waals surface area (Å²) in [6.07, 6.45) is 3.66. The second-order valence-corrected chi connectivity index (χ2v) is 10.7. The van der Waals surface area contributed by atoms with Crippen molar-refractivity contribution in [2.75, 3.05) is 20.8 Å². The van der Waals surface area contributed by atoms with E-state index in [2.05, 4.69) is 20.8 Å². The van der Waals surface area contributed by atoms with Gasteiger partial charge in [-0.2, -0.15) is 0 Å². The van der Waals surface area contributed by atoms with Crippen LogP contribution in [0.15, 0.2) is 42.0 Å². The lowest BCUT2D eigenvalue weighted by Gasteiger charge is -2.31. The summed E-state index contributed by atoms with van der Waals surface area (Å²) in [5.41, 5.74) is 1.90. The lowest BCUT2D eigenvalue weighted by atomic mass is 9.84. The van der Waals surface area contributed by atoms with Crippen LogP contribution >= 0.6 is 0 Å². The fourth-order valence-corrected chi connectivity index (χ4v) is 5.46. The molecular formula is C30H37NO6. The summed E-state index contributed by atoms with van der Waals surface area (Å²) in [5, 5.41) is 11.6. The molecule has 2 aromatic carbocycles. The zero-order chi connectivity index (χ0) is 26.9. The third-order valence-electron chi connectivity index (χ3n) is 7.28. The largest absolute Gasteiger partial charge is 0.507 e. The van der Waals surface area contributed by atoms with E-state index in [1.807, 2.05) is 25.1 Å². The normalized spacial score (nSPS) is 19.9. The second kappa shape index (κ2) is 10.5. The minimum atomic E-state index is -0.729. The number of carbonyl (C=O) groups excluding carboxylic acids is 2. The van der Waals surface area contributed by atoms with Crippen molar-refractivity contribution in [2.45, 2.75) is 70.9 Å². The van der Waals surface area contributed by atoms with Gasteiger partial charge in [-0.15, -0.1) is 0 Å². The Hall–Kier alpha value is -3.48. The highest BCUT2D eigenvalue weighted by molar-refractivity contribution is 6.46. The van der Waals surface area contributed by atoms with E-state index in [-0.39, 0.29) is 22.8 Å². The van der Waals surface area contributed by atoms with Crippen LogP contribution in [0.2, 0.25) is 0 Å². The quantitative estimate of drug-likeness (QED) is 0.291. The van der Waals surface area contributed by atoms with Gasteiger partial charge in [0.2, 0.25) is 0 Å². The van der Waals surface area contributed by atoms with E-state index in [0.717, 1.165) is 37.0 Å². The van der Waals surface area contributed by atoms with Crippen molar-refractivity contribution in [3.8, 4) is 17.2 Å². The van der Waals surface area contributed by atoms with Gasteiger partial charge in [0.15, 0.2) is 11.5 Å². The monoisotopic (exact) mass is 507 g/mol. The molecule has 2 fully saturated rings. The topological polar surface area (TPSA) is 85.3 Å². The summed E-state index contributed by atoms with van der Waals surface area (Å²) in [6, 6.07) is 9.99. The summed E-state index contributed by atoms with van der Waals surface area (Å²) in [5.74, 6) is 0.339. The average Bonchev–Trinajstić information content (AvgIpc) is 3.49. The Kier molecular flexibility index (Phi) is 7.53. The Balaban J connectivity index is 1.92. The molecular weight excluding hydrogens is 470 g/mol. The Morgan fingerprint density at radius 3 is 2.22 bits per heavy atom. The number of nitrogens with zero attached hydrogens (tertiary/aromatic N) is 1. The van der Waals surface area contributed by atoms with E-state index < -0.39 is 17.7 Å². The first kappa shape index (κ1) is 26.6. The Bertz CT molecular complexity index is 1220. The Morgan fingerprint density at radius 1 is 0.973 bits per heavy atom. The number of likely N-dealkylation sites (tertiary alicyclic amines) is 1. The third kappa shape index (κ3) is 4.91. The molecule has 1 aliphatic heterocycles. The minimum Gasteiger partial charge on any atom is -0.507 e. The molecule has 7 nitrogen and oxygen atoms in total. The number of methoxy groups -OCH3 is 2. The summed E-state index contributed by atoms with van der Waals surface area (Å²) in [4.78, 5) is 28.6. The summed E-state index contributed by atoms with van der Waals surface area (Å²) < 4.78 is 16.7. The molecule has 1 amide bonds. The fourth-order valence-electron chi connectivity index (χ4n) is 5.46. The molecule has 1 saturated carbocycles. The zero-order valence-electron chi connectivity index (χ0n) is 22.6. The lowest BCUT2D eigenvalue weighted by molar-refractivity contribution is -0.141. The van der Waals surface area contributed by atoms with Crippen molar-refractivity contribution >= 4 is 17.4 Å². The number of ketones is 1. The van der Waals surface area contributed by atoms with Crippen LogP contribution in [-0.4, -0.2) is 48.6 Å². The molecule has 1 unspecified atom stereocenters. The first-order valence-electron chi connectivity index (χ1n) is 12.9. The number of amides is 1. The molecule has 37 heavy (non-hydrogen) atoms. The van der Waals surface area contributed by atoms with E-state index in [1.54, 1.807) is 37.3 Å². The molecule has 198 valence electrons. The van der Waals surface area contributed by atoms with E-state index in [1.165, 1.54) is 0 Å². The SMILES string of the molecule is CCOc1ccc(/C(O)=C2\C(=O)C(=O)N(C3CCCC3)C2c2ccc(OC)c(OC)c2)cc1C(C)(C)C. The van der Waals surface area contributed by atoms with Crippen molar-refractivity contribution < 1.29 is 28.9 Å². The third-order valence-corrected chi connectivity index (χ3v) is 7.28. The molecule has 1 atom stereocenters. The number of Topliss-reactive ketones (excluding diaryl/α,β-unsaturated/α-hetero) is 1. The predicted molar refractivity (Wildman–Crippen MR) is 142 cm³/mol. The van der Waals surface area contributed by atoms with E-state index >= 15 is 0 Å². The van der Waals surface area contributed by atoms with Gasteiger partial charge in [0.05, 0.1) is 32.4 Å². The van der Waals surface area contributed by atoms with Gasteiger partial charge in [0.25, 0.3) is 11.7 Å². The number of carbonyl (C=O) groups is 2. The number of aliphatic hydroxyl groups excluding tert-OH is 1. The lowest BCUT2D eigenvalue weighted by Crippen LogP contribution is -2.37. The van der Waals surface area contributed by atoms with Gasteiger partial charge in [-0.3, -0.25) is 9.59 Å². The second-order valence-electron chi connectivity index (χ2n) is 10.7. The van der Waals surface area contributed by atoms with Gasteiger partial charge in [-0.05, 0) is 61.1 Å². The molecule has 2 aliphatic rings. The van der Waals surface area contributed by atoms with E-state index in [4.69, 9.17) is 14.2 Å². The molecule has 0 spiro atoms. The highest BCUT2D eigenvalue weighted by atomic mass is 16.5. The number of benzene rings is 2. The number of aliphatic hydroxyl groups is 1. The van der Waals surface area contributed by atoms with Crippen LogP contribution in [0, 0.1) is 0 Å². The average molecular weight is 508 g/mol. The Morgan fingerprint density at radius 2 is 1.62 bits per heavy atom. The van der Waals surface area contributed by atoms with Gasteiger partial charge in [0, 0.05) is 17.2 Å². The number of hydrogen-bond donors (Lipinski definition) is 1. The van der Waals surface area contributed by atoms with Crippen LogP contribution in [0.1, 0.15) is 76.1 Å². The first-order chi connectivity index (χ1) is 17.6. The van der Waals surface area contributed by atoms with Crippen molar-refractivity contribution in [2.24, 2.45) is 0 Å². The minimum absolute atomic E-state index is 0.0645. The molecule has 4 rings (SSSR count). The van der Waals surface area contributed by atoms with Crippen molar-refractivity contribution in [3.63, 3.8) is 0 Å². The van der Waals surface area contributed by atoms with Crippen molar-refractivity contribution in [1.29, 1.82) is 0 Å². The van der Waals surface area contributed by atoms with Crippen LogP contribution in [-0.2, 0) is 15.0 Å². The number of rotatable bonds is 7. The first-order valence-corrected chi connectivity index (χ1v) is 12.9. The predicted octanol–water partition coefficient (Wildman–Crippen LogP) is 5.76. The van der Waals surface area contributed by atoms with Gasteiger partial charge in [-0.25, -0.2) is 0 Å². The number of ether oxygens (including phenoxy) is 3. The summed E-state index contributed by atoms with van der Waals surface area (Å²) >= 11 is 0. The van der Waals surface area contributed by atoms with Crippen LogP contribution < -0.4 is 14.2 Å². The van der Waals surface area contributed by atoms with Crippen LogP contribution in [0.5, 0.6) is 17.2 Å². The molecule has 1 heterocycles. The number of hydrogen-bond acceptors (Lipinski definition) is 6. The van der Waals surface area contributed by atoms with Gasteiger partial charge in [-0.1, -0.05) is 39.7 Å². The molecule has 2 aromatic rings. The maximum Gasteiger partial charge on any atom is 0.295 e. The molecule has 0 bridgehead atoms. The van der Waals surface area contributed by atoms with Gasteiger partial charge >= 0.3 is 0 Å². The maximum absolute atomic E-state index is 13.5. The van der Waals surface area contributed by atoms with Crippen molar-refractivity contribution in [3.05, 3.63) is 58.7 Å². The summed E-state index contributed by atoms with van der Waals surface area (Å²) in [6.45, 7) is 8.64. The van der Waals surface area contributed by atoms with Crippen LogP contribution in [0.3, 0.4) is 0 Å². The Labute approximate surface area is 219 Å². The smallest absolute Gasteiger partial charge is 0.295 e. The fraction of sp³-hybridized carbons (Fsp3) is 0.467. The van der Waals surface area contributed by atoms with Gasteiger partial charge in [0.1, 0.15) is 11.5 Å². The highest BCUT2D eigenvalue weighted by Gasteiger charge is 2.49. The molecule has 0 aromatic heterocycles. The molecule has 1 N–H and O–H groups in total. The zero-order valence-corrected chi connectivity index (χ0v) is 22.6. The van der Waals surface area contributed by atoms with Crippen LogP contribution in [0.25, 0.3) is 5.76 Å². The highest BCUT2D eigenvalue weighted by Crippen LogP contribution is 2.45. The van der Waals surface area contributed by atoms with Crippen molar-refractivity contribution in [1.82, 2.24) is 4.90 Å². The molecule has 7 heteroatoms. The maximum atomic E-state index is 13.5. The summed E-state index contributed by atoms with van der Waals surface area (Å²) in [7, 11) is 3.10.